The van der Waals surface area contributed by atoms with Crippen LogP contribution < -0.4 is 9.47 Å². The molecule has 5 nitrogen and oxygen atoms in total. The maximum atomic E-state index is 12.6. The number of piperidine rings is 1. The Balaban J connectivity index is 1.17. The molecule has 2 aliphatic heterocycles. The van der Waals surface area contributed by atoms with Gasteiger partial charge in [-0.1, -0.05) is 48.5 Å². The van der Waals surface area contributed by atoms with Gasteiger partial charge in [0, 0.05) is 31.5 Å². The lowest BCUT2D eigenvalue weighted by Crippen LogP contribution is -2.53. The fourth-order valence-electron chi connectivity index (χ4n) is 4.00. The average Bonchev–Trinajstić information content (AvgIpc) is 2.78. The van der Waals surface area contributed by atoms with E-state index in [1.807, 2.05) is 65.6 Å². The largest absolute Gasteiger partial charge is 0.484 e. The smallest absolute Gasteiger partial charge is 0.260 e. The number of hydrogen-bond acceptors (Lipinski definition) is 4. The van der Waals surface area contributed by atoms with Crippen molar-refractivity contribution < 1.29 is 19.0 Å². The molecule has 29 heavy (non-hydrogen) atoms. The quantitative estimate of drug-likeness (QED) is 0.675. The summed E-state index contributed by atoms with van der Waals surface area (Å²) in [6.45, 7) is 1.79. The zero-order valence-electron chi connectivity index (χ0n) is 16.2. The van der Waals surface area contributed by atoms with E-state index in [4.69, 9.17) is 14.2 Å². The molecule has 3 aromatic rings. The van der Waals surface area contributed by atoms with Gasteiger partial charge in [-0.15, -0.1) is 0 Å². The van der Waals surface area contributed by atoms with Gasteiger partial charge in [0.05, 0.1) is 6.61 Å². The van der Waals surface area contributed by atoms with E-state index < -0.39 is 5.79 Å². The fraction of sp³-hybridized carbons (Fsp3) is 0.292. The second-order valence-corrected chi connectivity index (χ2v) is 7.59. The Morgan fingerprint density at radius 2 is 1.72 bits per heavy atom. The number of nitrogens with zero attached hydrogens (tertiary/aromatic N) is 1. The van der Waals surface area contributed by atoms with E-state index in [1.165, 1.54) is 0 Å². The molecular formula is C24H23NO4. The molecule has 1 amide bonds. The second kappa shape index (κ2) is 7.41. The summed E-state index contributed by atoms with van der Waals surface area (Å²) >= 11 is 0. The Kier molecular flexibility index (Phi) is 4.60. The fourth-order valence-corrected chi connectivity index (χ4v) is 4.00. The Morgan fingerprint density at radius 1 is 0.966 bits per heavy atom. The predicted molar refractivity (Wildman–Crippen MR) is 110 cm³/mol. The van der Waals surface area contributed by atoms with Crippen molar-refractivity contribution in [2.45, 2.75) is 25.2 Å². The first-order valence-corrected chi connectivity index (χ1v) is 10.0. The number of para-hydroxylation sites is 1. The summed E-state index contributed by atoms with van der Waals surface area (Å²) in [4.78, 5) is 14.5. The SMILES string of the molecule is O=C(COc1ccc2ccccc2c1)N1CCC2(CC1)OCc1ccccc1O2. The number of ether oxygens (including phenoxy) is 3. The summed E-state index contributed by atoms with van der Waals surface area (Å²) in [5.74, 6) is 0.966. The van der Waals surface area contributed by atoms with Crippen LogP contribution in [0.25, 0.3) is 10.8 Å². The van der Waals surface area contributed by atoms with Gasteiger partial charge in [0.15, 0.2) is 6.61 Å². The minimum Gasteiger partial charge on any atom is -0.484 e. The predicted octanol–water partition coefficient (Wildman–Crippen LogP) is 4.15. The standard InChI is InChI=1S/C24H23NO4/c26-23(17-27-21-10-9-18-5-1-2-6-19(18)15-21)25-13-11-24(12-14-25)28-16-20-7-3-4-8-22(20)29-24/h1-10,15H,11-14,16-17H2. The van der Waals surface area contributed by atoms with Gasteiger partial charge in [-0.3, -0.25) is 4.79 Å². The van der Waals surface area contributed by atoms with Gasteiger partial charge in [-0.05, 0) is 29.0 Å². The molecule has 1 fully saturated rings. The highest BCUT2D eigenvalue weighted by Gasteiger charge is 2.41. The number of amides is 1. The van der Waals surface area contributed by atoms with Crippen molar-refractivity contribution in [2.75, 3.05) is 19.7 Å². The van der Waals surface area contributed by atoms with E-state index >= 15 is 0 Å². The highest BCUT2D eigenvalue weighted by molar-refractivity contribution is 5.84. The number of rotatable bonds is 3. The summed E-state index contributed by atoms with van der Waals surface area (Å²) in [6, 6.07) is 21.9. The molecule has 0 aromatic heterocycles. The van der Waals surface area contributed by atoms with Gasteiger partial charge in [-0.25, -0.2) is 0 Å². The summed E-state index contributed by atoms with van der Waals surface area (Å²) in [5, 5.41) is 2.26. The van der Waals surface area contributed by atoms with E-state index in [-0.39, 0.29) is 12.5 Å². The van der Waals surface area contributed by atoms with Gasteiger partial charge in [-0.2, -0.15) is 0 Å². The van der Waals surface area contributed by atoms with Crippen LogP contribution in [0.5, 0.6) is 11.5 Å². The second-order valence-electron chi connectivity index (χ2n) is 7.59. The first kappa shape index (κ1) is 18.0. The number of carbonyl (C=O) groups is 1. The van der Waals surface area contributed by atoms with Gasteiger partial charge in [0.25, 0.3) is 5.91 Å². The number of benzene rings is 3. The average molecular weight is 389 g/mol. The molecule has 0 unspecified atom stereocenters. The third-order valence-corrected chi connectivity index (χ3v) is 5.72. The molecule has 0 bridgehead atoms. The maximum absolute atomic E-state index is 12.6. The lowest BCUT2D eigenvalue weighted by Gasteiger charge is -2.43. The molecule has 1 spiro atoms. The minimum atomic E-state index is -0.621. The lowest BCUT2D eigenvalue weighted by atomic mass is 10.0. The first-order valence-electron chi connectivity index (χ1n) is 10.0. The highest BCUT2D eigenvalue weighted by atomic mass is 16.7. The molecule has 5 rings (SSSR count). The van der Waals surface area contributed by atoms with Crippen LogP contribution in [0, 0.1) is 0 Å². The topological polar surface area (TPSA) is 48.0 Å². The molecule has 0 N–H and O–H groups in total. The van der Waals surface area contributed by atoms with Crippen LogP contribution >= 0.6 is 0 Å². The normalized spacial score (nSPS) is 17.6. The van der Waals surface area contributed by atoms with E-state index in [2.05, 4.69) is 6.07 Å². The van der Waals surface area contributed by atoms with Gasteiger partial charge >= 0.3 is 0 Å². The molecule has 3 aromatic carbocycles. The summed E-state index contributed by atoms with van der Waals surface area (Å²) < 4.78 is 18.0. The van der Waals surface area contributed by atoms with Crippen molar-refractivity contribution in [3.8, 4) is 11.5 Å². The lowest BCUT2D eigenvalue weighted by molar-refractivity contribution is -0.227. The van der Waals surface area contributed by atoms with Crippen molar-refractivity contribution in [1.82, 2.24) is 4.90 Å². The van der Waals surface area contributed by atoms with Crippen molar-refractivity contribution in [3.63, 3.8) is 0 Å². The van der Waals surface area contributed by atoms with Gasteiger partial charge in [0.2, 0.25) is 5.79 Å². The molecule has 0 radical (unpaired) electrons. The zero-order valence-corrected chi connectivity index (χ0v) is 16.2. The van der Waals surface area contributed by atoms with E-state index in [9.17, 15) is 4.79 Å². The molecule has 2 heterocycles. The van der Waals surface area contributed by atoms with Crippen LogP contribution in [0.15, 0.2) is 66.7 Å². The number of hydrogen-bond donors (Lipinski definition) is 0. The van der Waals surface area contributed by atoms with Crippen LogP contribution in [-0.2, 0) is 16.1 Å². The summed E-state index contributed by atoms with van der Waals surface area (Å²) in [5.41, 5.74) is 1.07. The first-order chi connectivity index (χ1) is 14.2. The number of fused-ring (bicyclic) bond motifs is 2. The van der Waals surface area contributed by atoms with Crippen LogP contribution in [0.2, 0.25) is 0 Å². The van der Waals surface area contributed by atoms with Crippen LogP contribution in [0.3, 0.4) is 0 Å². The van der Waals surface area contributed by atoms with E-state index in [1.54, 1.807) is 0 Å². The molecular weight excluding hydrogens is 366 g/mol. The maximum Gasteiger partial charge on any atom is 0.260 e. The third-order valence-electron chi connectivity index (χ3n) is 5.72. The van der Waals surface area contributed by atoms with Crippen LogP contribution in [-0.4, -0.2) is 36.3 Å². The number of likely N-dealkylation sites (tertiary alicyclic amines) is 1. The zero-order chi connectivity index (χ0) is 19.7. The Morgan fingerprint density at radius 3 is 2.59 bits per heavy atom. The Hall–Kier alpha value is -3.05. The van der Waals surface area contributed by atoms with Crippen molar-refractivity contribution >= 4 is 16.7 Å². The van der Waals surface area contributed by atoms with Crippen LogP contribution in [0.1, 0.15) is 18.4 Å². The minimum absolute atomic E-state index is 0.00998. The van der Waals surface area contributed by atoms with Crippen LogP contribution in [0.4, 0.5) is 0 Å². The molecule has 5 heteroatoms. The molecule has 1 saturated heterocycles. The number of carbonyl (C=O) groups excluding carboxylic acids is 1. The van der Waals surface area contributed by atoms with Gasteiger partial charge in [0.1, 0.15) is 11.5 Å². The molecule has 2 aliphatic rings. The van der Waals surface area contributed by atoms with E-state index in [0.717, 1.165) is 22.1 Å². The summed E-state index contributed by atoms with van der Waals surface area (Å²) in [7, 11) is 0. The highest BCUT2D eigenvalue weighted by Crippen LogP contribution is 2.37. The van der Waals surface area contributed by atoms with Crippen molar-refractivity contribution in [2.24, 2.45) is 0 Å². The Bertz CT molecular complexity index is 1040. The summed E-state index contributed by atoms with van der Waals surface area (Å²) in [6.07, 6.45) is 1.31. The molecule has 148 valence electrons. The Labute approximate surface area is 169 Å². The van der Waals surface area contributed by atoms with Crippen molar-refractivity contribution in [3.05, 3.63) is 72.3 Å². The van der Waals surface area contributed by atoms with Crippen molar-refractivity contribution in [1.29, 1.82) is 0 Å². The third kappa shape index (κ3) is 3.66. The monoisotopic (exact) mass is 389 g/mol. The molecule has 0 aliphatic carbocycles. The van der Waals surface area contributed by atoms with E-state index in [0.29, 0.717) is 38.3 Å². The van der Waals surface area contributed by atoms with Gasteiger partial charge < -0.3 is 19.1 Å². The molecule has 0 atom stereocenters. The molecule has 0 saturated carbocycles.